The van der Waals surface area contributed by atoms with Gasteiger partial charge in [0.05, 0.1) is 24.5 Å². The molecule has 0 saturated heterocycles. The molecule has 4 aromatic rings. The molecule has 0 spiro atoms. The minimum Gasteiger partial charge on any atom is -0.490 e. The molecule has 0 aliphatic heterocycles. The number of benzene rings is 4. The van der Waals surface area contributed by atoms with Crippen LogP contribution in [0, 0.1) is 11.3 Å². The predicted octanol–water partition coefficient (Wildman–Crippen LogP) is 7.00. The average molecular weight is 515 g/mol. The SMILES string of the molecule is CCOc1cc(/C=N\OCc2ccccc2C#N)c(Br)cc1OCc1cccc2ccccc12. The van der Waals surface area contributed by atoms with E-state index in [9.17, 15) is 5.26 Å². The van der Waals surface area contributed by atoms with Crippen molar-refractivity contribution in [3.8, 4) is 17.6 Å². The fourth-order valence-electron chi connectivity index (χ4n) is 3.56. The Kier molecular flexibility index (Phi) is 7.79. The van der Waals surface area contributed by atoms with Crippen molar-refractivity contribution in [3.05, 3.63) is 106 Å². The fourth-order valence-corrected chi connectivity index (χ4v) is 3.99. The first-order valence-electron chi connectivity index (χ1n) is 10.9. The second-order valence-electron chi connectivity index (χ2n) is 7.46. The number of hydrogen-bond donors (Lipinski definition) is 0. The van der Waals surface area contributed by atoms with Crippen molar-refractivity contribution in [1.82, 2.24) is 0 Å². The maximum atomic E-state index is 9.19. The summed E-state index contributed by atoms with van der Waals surface area (Å²) in [5.74, 6) is 1.27. The number of nitriles is 1. The van der Waals surface area contributed by atoms with Crippen molar-refractivity contribution in [1.29, 1.82) is 5.26 Å². The van der Waals surface area contributed by atoms with Gasteiger partial charge in [-0.15, -0.1) is 0 Å². The molecule has 0 unspecified atom stereocenters. The van der Waals surface area contributed by atoms with Crippen molar-refractivity contribution in [3.63, 3.8) is 0 Å². The van der Waals surface area contributed by atoms with Gasteiger partial charge in [0, 0.05) is 15.6 Å². The van der Waals surface area contributed by atoms with E-state index in [1.807, 2.05) is 55.5 Å². The molecule has 0 amide bonds. The summed E-state index contributed by atoms with van der Waals surface area (Å²) in [6.45, 7) is 3.06. The Labute approximate surface area is 207 Å². The molecule has 0 heterocycles. The molecule has 34 heavy (non-hydrogen) atoms. The molecule has 0 radical (unpaired) electrons. The molecule has 0 fully saturated rings. The van der Waals surface area contributed by atoms with E-state index in [-0.39, 0.29) is 6.61 Å². The second kappa shape index (κ2) is 11.4. The zero-order valence-corrected chi connectivity index (χ0v) is 20.3. The first kappa shape index (κ1) is 23.3. The lowest BCUT2D eigenvalue weighted by Gasteiger charge is -2.15. The minimum atomic E-state index is 0.211. The van der Waals surface area contributed by atoms with Crippen LogP contribution < -0.4 is 9.47 Å². The third-order valence-corrected chi connectivity index (χ3v) is 5.94. The number of halogens is 1. The van der Waals surface area contributed by atoms with Gasteiger partial charge in [-0.3, -0.25) is 0 Å². The smallest absolute Gasteiger partial charge is 0.162 e. The summed E-state index contributed by atoms with van der Waals surface area (Å²) >= 11 is 3.59. The zero-order chi connectivity index (χ0) is 23.8. The molecule has 6 heteroatoms. The number of ether oxygens (including phenoxy) is 2. The Bertz CT molecular complexity index is 1360. The first-order chi connectivity index (χ1) is 16.7. The van der Waals surface area contributed by atoms with Gasteiger partial charge in [0.2, 0.25) is 0 Å². The summed E-state index contributed by atoms with van der Waals surface area (Å²) in [6.07, 6.45) is 1.61. The Balaban J connectivity index is 1.48. The van der Waals surface area contributed by atoms with Crippen molar-refractivity contribution in [2.45, 2.75) is 20.1 Å². The van der Waals surface area contributed by atoms with Gasteiger partial charge in [0.1, 0.15) is 13.2 Å². The van der Waals surface area contributed by atoms with Crippen molar-refractivity contribution in [2.75, 3.05) is 6.61 Å². The Morgan fingerprint density at radius 1 is 0.882 bits per heavy atom. The third kappa shape index (κ3) is 5.56. The molecule has 0 aliphatic carbocycles. The molecule has 0 bridgehead atoms. The van der Waals surface area contributed by atoms with E-state index in [1.54, 1.807) is 12.3 Å². The quantitative estimate of drug-likeness (QED) is 0.178. The number of rotatable bonds is 9. The molecule has 5 nitrogen and oxygen atoms in total. The molecule has 0 aromatic heterocycles. The second-order valence-corrected chi connectivity index (χ2v) is 8.31. The van der Waals surface area contributed by atoms with E-state index >= 15 is 0 Å². The summed E-state index contributed by atoms with van der Waals surface area (Å²) in [7, 11) is 0. The normalized spacial score (nSPS) is 10.9. The van der Waals surface area contributed by atoms with Crippen molar-refractivity contribution in [2.24, 2.45) is 5.16 Å². The van der Waals surface area contributed by atoms with E-state index in [0.717, 1.165) is 21.2 Å². The molecular formula is C28H23BrN2O3. The van der Waals surface area contributed by atoms with Crippen LogP contribution in [0.4, 0.5) is 0 Å². The van der Waals surface area contributed by atoms with Crippen LogP contribution in [0.3, 0.4) is 0 Å². The van der Waals surface area contributed by atoms with Crippen LogP contribution in [0.25, 0.3) is 10.8 Å². The monoisotopic (exact) mass is 514 g/mol. The third-order valence-electron chi connectivity index (χ3n) is 5.25. The van der Waals surface area contributed by atoms with E-state index in [2.05, 4.69) is 51.4 Å². The molecular weight excluding hydrogens is 492 g/mol. The molecule has 4 aromatic carbocycles. The van der Waals surface area contributed by atoms with E-state index in [4.69, 9.17) is 14.3 Å². The Hall–Kier alpha value is -3.82. The van der Waals surface area contributed by atoms with Gasteiger partial charge >= 0.3 is 0 Å². The molecule has 0 atom stereocenters. The Morgan fingerprint density at radius 3 is 2.47 bits per heavy atom. The lowest BCUT2D eigenvalue weighted by molar-refractivity contribution is 0.132. The zero-order valence-electron chi connectivity index (χ0n) is 18.7. The molecule has 170 valence electrons. The van der Waals surface area contributed by atoms with Crippen molar-refractivity contribution >= 4 is 32.9 Å². The van der Waals surface area contributed by atoms with Gasteiger partial charge in [-0.05, 0) is 57.4 Å². The highest BCUT2D eigenvalue weighted by molar-refractivity contribution is 9.10. The van der Waals surface area contributed by atoms with Crippen LogP contribution >= 0.6 is 15.9 Å². The van der Waals surface area contributed by atoms with Crippen LogP contribution in [0.2, 0.25) is 0 Å². The number of oxime groups is 1. The maximum absolute atomic E-state index is 9.19. The summed E-state index contributed by atoms with van der Waals surface area (Å²) in [6, 6.07) is 27.6. The minimum absolute atomic E-state index is 0.211. The van der Waals surface area contributed by atoms with Gasteiger partial charge in [-0.1, -0.05) is 65.8 Å². The highest BCUT2D eigenvalue weighted by Crippen LogP contribution is 2.34. The van der Waals surface area contributed by atoms with E-state index in [1.165, 1.54) is 10.8 Å². The Morgan fingerprint density at radius 2 is 1.62 bits per heavy atom. The summed E-state index contributed by atoms with van der Waals surface area (Å²) in [5, 5.41) is 15.6. The average Bonchev–Trinajstić information content (AvgIpc) is 2.87. The number of nitrogens with zero attached hydrogens (tertiary/aromatic N) is 2. The molecule has 0 N–H and O–H groups in total. The first-order valence-corrected chi connectivity index (χ1v) is 11.7. The molecule has 0 aliphatic rings. The summed E-state index contributed by atoms with van der Waals surface area (Å²) < 4.78 is 12.8. The van der Waals surface area contributed by atoms with Gasteiger partial charge < -0.3 is 14.3 Å². The van der Waals surface area contributed by atoms with E-state index in [0.29, 0.717) is 30.3 Å². The van der Waals surface area contributed by atoms with Crippen LogP contribution in [0.5, 0.6) is 11.5 Å². The number of hydrogen-bond acceptors (Lipinski definition) is 5. The highest BCUT2D eigenvalue weighted by Gasteiger charge is 2.11. The topological polar surface area (TPSA) is 63.8 Å². The fraction of sp³-hybridized carbons (Fsp3) is 0.143. The summed E-state index contributed by atoms with van der Waals surface area (Å²) in [4.78, 5) is 5.42. The van der Waals surface area contributed by atoms with Gasteiger partial charge in [-0.25, -0.2) is 0 Å². The lowest BCUT2D eigenvalue weighted by Crippen LogP contribution is -2.01. The van der Waals surface area contributed by atoms with Gasteiger partial charge in [-0.2, -0.15) is 5.26 Å². The van der Waals surface area contributed by atoms with Crippen LogP contribution in [0.1, 0.15) is 29.2 Å². The highest BCUT2D eigenvalue weighted by atomic mass is 79.9. The standard InChI is InChI=1S/C28H23BrN2O3/c1-2-32-27-14-24(17-31-34-19-22-10-4-3-9-21(22)16-30)26(29)15-28(27)33-18-23-12-7-11-20-8-5-6-13-25(20)23/h3-15,17H,2,18-19H2,1H3/b31-17-. The predicted molar refractivity (Wildman–Crippen MR) is 137 cm³/mol. The van der Waals surface area contributed by atoms with Crippen LogP contribution in [0.15, 0.2) is 88.5 Å². The van der Waals surface area contributed by atoms with E-state index < -0.39 is 0 Å². The molecule has 0 saturated carbocycles. The number of fused-ring (bicyclic) bond motifs is 1. The summed E-state index contributed by atoms with van der Waals surface area (Å²) in [5.41, 5.74) is 3.25. The van der Waals surface area contributed by atoms with Gasteiger partial charge in [0.15, 0.2) is 11.5 Å². The molecule has 4 rings (SSSR count). The largest absolute Gasteiger partial charge is 0.490 e. The van der Waals surface area contributed by atoms with Crippen molar-refractivity contribution < 1.29 is 14.3 Å². The van der Waals surface area contributed by atoms with Crippen LogP contribution in [-0.2, 0) is 18.1 Å². The van der Waals surface area contributed by atoms with Gasteiger partial charge in [0.25, 0.3) is 0 Å². The maximum Gasteiger partial charge on any atom is 0.162 e. The lowest BCUT2D eigenvalue weighted by atomic mass is 10.1. The van der Waals surface area contributed by atoms with Crippen LogP contribution in [-0.4, -0.2) is 12.8 Å².